The molecule has 0 aliphatic heterocycles. The van der Waals surface area contributed by atoms with E-state index in [0.717, 1.165) is 6.07 Å². The molecule has 8 heteroatoms. The van der Waals surface area contributed by atoms with Crippen molar-refractivity contribution in [1.29, 1.82) is 0 Å². The Morgan fingerprint density at radius 3 is 2.65 bits per heavy atom. The van der Waals surface area contributed by atoms with E-state index in [2.05, 4.69) is 15.6 Å². The van der Waals surface area contributed by atoms with E-state index in [1.807, 2.05) is 0 Å². The maximum Gasteiger partial charge on any atom is 0.278 e. The molecule has 2 amide bonds. The van der Waals surface area contributed by atoms with E-state index < -0.39 is 11.7 Å². The Bertz CT molecular complexity index is 903. The topological polar surface area (TPSA) is 123 Å². The molecule has 7 nitrogen and oxygen atoms in total. The Kier molecular flexibility index (Phi) is 6.05. The fourth-order valence-corrected chi connectivity index (χ4v) is 2.04. The zero-order valence-electron chi connectivity index (χ0n) is 14.0. The molecule has 0 saturated heterocycles. The number of benzene rings is 1. The summed E-state index contributed by atoms with van der Waals surface area (Å²) in [4.78, 5) is 26.7. The second kappa shape index (κ2) is 8.43. The number of allylic oxidation sites excluding steroid dienone is 2. The minimum atomic E-state index is -0.767. The van der Waals surface area contributed by atoms with Crippen molar-refractivity contribution in [2.75, 3.05) is 5.32 Å². The fourth-order valence-electron chi connectivity index (χ4n) is 2.04. The van der Waals surface area contributed by atoms with Gasteiger partial charge in [-0.25, -0.2) is 9.37 Å². The summed E-state index contributed by atoms with van der Waals surface area (Å²) < 4.78 is 13.5. The van der Waals surface area contributed by atoms with Gasteiger partial charge in [0, 0.05) is 27.4 Å². The van der Waals surface area contributed by atoms with E-state index >= 15 is 0 Å². The molecule has 0 aliphatic rings. The molecule has 2 rings (SSSR count). The Hall–Kier alpha value is -3.68. The van der Waals surface area contributed by atoms with Crippen LogP contribution in [0.2, 0.25) is 0 Å². The molecule has 0 saturated carbocycles. The summed E-state index contributed by atoms with van der Waals surface area (Å²) in [6.45, 7) is 1.41. The van der Waals surface area contributed by atoms with Crippen molar-refractivity contribution in [2.45, 2.75) is 6.92 Å². The van der Waals surface area contributed by atoms with Crippen molar-refractivity contribution in [3.63, 3.8) is 0 Å². The molecule has 2 aromatic rings. The summed E-state index contributed by atoms with van der Waals surface area (Å²) in [6, 6.07) is 9.41. The highest BCUT2D eigenvalue weighted by molar-refractivity contribution is 5.93. The molecule has 0 atom stereocenters. The zero-order valence-corrected chi connectivity index (χ0v) is 14.0. The van der Waals surface area contributed by atoms with Gasteiger partial charge in [0.05, 0.1) is 0 Å². The average molecular weight is 359 g/mol. The van der Waals surface area contributed by atoms with Crippen LogP contribution in [0.15, 0.2) is 60.6 Å². The number of rotatable bonds is 5. The molecular formula is C18H22FN5O2. The summed E-state index contributed by atoms with van der Waals surface area (Å²) in [5.74, 6) is -1.74. The number of aromatic nitrogens is 1. The Balaban J connectivity index is 0.00000364. The number of carbonyl (C=O) groups excluding carboxylic acids is 2. The van der Waals surface area contributed by atoms with Crippen LogP contribution in [-0.4, -0.2) is 16.8 Å². The highest BCUT2D eigenvalue weighted by Crippen LogP contribution is 2.15. The summed E-state index contributed by atoms with van der Waals surface area (Å²) in [6.07, 6.45) is 4.16. The molecule has 1 aromatic heterocycles. The summed E-state index contributed by atoms with van der Waals surface area (Å²) in [5, 5.41) is 4.97. The first kappa shape index (κ1) is 18.7. The largest absolute Gasteiger partial charge is 0.398 e. The van der Waals surface area contributed by atoms with Gasteiger partial charge in [0.25, 0.3) is 5.91 Å². The maximum atomic E-state index is 13.5. The number of nitrogens with one attached hydrogen (secondary N) is 2. The van der Waals surface area contributed by atoms with Gasteiger partial charge in [0.2, 0.25) is 5.91 Å². The molecule has 1 aromatic carbocycles. The number of nitrogens with two attached hydrogens (primary N) is 2. The van der Waals surface area contributed by atoms with Crippen molar-refractivity contribution >= 4 is 23.2 Å². The van der Waals surface area contributed by atoms with Crippen molar-refractivity contribution in [1.82, 2.24) is 10.3 Å². The van der Waals surface area contributed by atoms with Gasteiger partial charge in [-0.15, -0.1) is 0 Å². The highest BCUT2D eigenvalue weighted by atomic mass is 19.1. The standard InChI is InChI=1S/C18H18FN5O2.2H2/c1-11(25)23-13-5-2-4-12(10-13)15(20)7-8-16(21)24-18(26)17-14(19)6-3-9-22-17;;/h2-10H,20-21H2,1H3,(H,23,25)(H,24,26);2*1H/b15-7-,16-8+;;. The summed E-state index contributed by atoms with van der Waals surface area (Å²) in [5.41, 5.74) is 12.9. The van der Waals surface area contributed by atoms with Crippen molar-refractivity contribution in [2.24, 2.45) is 11.5 Å². The third-order valence-electron chi connectivity index (χ3n) is 3.19. The number of hydrogen-bond acceptors (Lipinski definition) is 5. The third-order valence-corrected chi connectivity index (χ3v) is 3.19. The molecular weight excluding hydrogens is 337 g/mol. The first-order valence-electron chi connectivity index (χ1n) is 7.59. The lowest BCUT2D eigenvalue weighted by Crippen LogP contribution is -2.28. The van der Waals surface area contributed by atoms with Gasteiger partial charge >= 0.3 is 0 Å². The fraction of sp³-hybridized carbons (Fsp3) is 0.0556. The number of amides is 2. The minimum Gasteiger partial charge on any atom is -0.398 e. The molecule has 0 aliphatic carbocycles. The smallest absolute Gasteiger partial charge is 0.278 e. The second-order valence-electron chi connectivity index (χ2n) is 5.29. The van der Waals surface area contributed by atoms with Crippen molar-refractivity contribution < 1.29 is 16.8 Å². The quantitative estimate of drug-likeness (QED) is 0.610. The average Bonchev–Trinajstić information content (AvgIpc) is 2.59. The first-order valence-corrected chi connectivity index (χ1v) is 7.59. The van der Waals surface area contributed by atoms with E-state index in [4.69, 9.17) is 11.5 Å². The number of pyridine rings is 1. The van der Waals surface area contributed by atoms with Crippen LogP contribution in [0.5, 0.6) is 0 Å². The predicted octanol–water partition coefficient (Wildman–Crippen LogP) is 2.20. The number of halogens is 1. The molecule has 6 N–H and O–H groups in total. The van der Waals surface area contributed by atoms with Gasteiger partial charge in [0.15, 0.2) is 11.5 Å². The molecule has 0 unspecified atom stereocenters. The second-order valence-corrected chi connectivity index (χ2v) is 5.29. The van der Waals surface area contributed by atoms with Crippen LogP contribution in [0.25, 0.3) is 5.70 Å². The van der Waals surface area contributed by atoms with Gasteiger partial charge < -0.3 is 22.1 Å². The zero-order chi connectivity index (χ0) is 19.1. The van der Waals surface area contributed by atoms with Crippen LogP contribution >= 0.6 is 0 Å². The predicted molar refractivity (Wildman–Crippen MR) is 101 cm³/mol. The van der Waals surface area contributed by atoms with Gasteiger partial charge in [-0.05, 0) is 42.0 Å². The maximum absolute atomic E-state index is 13.5. The highest BCUT2D eigenvalue weighted by Gasteiger charge is 2.12. The van der Waals surface area contributed by atoms with Gasteiger partial charge in [-0.1, -0.05) is 12.1 Å². The SMILES string of the molecule is CC(=O)Nc1cccc(/C(N)=C/C=C(\N)NC(=O)c2ncccc2F)c1.[HH].[HH]. The van der Waals surface area contributed by atoms with E-state index in [-0.39, 0.29) is 20.3 Å². The van der Waals surface area contributed by atoms with Gasteiger partial charge in [-0.2, -0.15) is 0 Å². The van der Waals surface area contributed by atoms with Crippen LogP contribution in [0.1, 0.15) is 25.8 Å². The minimum absolute atomic E-state index is 0. The monoisotopic (exact) mass is 359 g/mol. The normalized spacial score (nSPS) is 11.8. The van der Waals surface area contributed by atoms with Crippen LogP contribution in [0, 0.1) is 5.82 Å². The third kappa shape index (κ3) is 5.17. The van der Waals surface area contributed by atoms with E-state index in [1.165, 1.54) is 31.3 Å². The summed E-state index contributed by atoms with van der Waals surface area (Å²) >= 11 is 0. The van der Waals surface area contributed by atoms with Gasteiger partial charge in [-0.3, -0.25) is 9.59 Å². The molecule has 26 heavy (non-hydrogen) atoms. The van der Waals surface area contributed by atoms with E-state index in [0.29, 0.717) is 16.9 Å². The molecule has 0 spiro atoms. The number of carbonyl (C=O) groups is 2. The van der Waals surface area contributed by atoms with E-state index in [9.17, 15) is 14.0 Å². The van der Waals surface area contributed by atoms with Gasteiger partial charge in [0.1, 0.15) is 5.82 Å². The van der Waals surface area contributed by atoms with Crippen LogP contribution in [0.4, 0.5) is 10.1 Å². The number of anilines is 1. The molecule has 1 heterocycles. The van der Waals surface area contributed by atoms with Crippen LogP contribution in [-0.2, 0) is 4.79 Å². The molecule has 0 bridgehead atoms. The number of nitrogens with zero attached hydrogens (tertiary/aromatic N) is 1. The van der Waals surface area contributed by atoms with E-state index in [1.54, 1.807) is 24.3 Å². The Morgan fingerprint density at radius 1 is 1.19 bits per heavy atom. The van der Waals surface area contributed by atoms with Crippen LogP contribution in [0.3, 0.4) is 0 Å². The van der Waals surface area contributed by atoms with Crippen molar-refractivity contribution in [3.05, 3.63) is 77.6 Å². The molecule has 0 radical (unpaired) electrons. The lowest BCUT2D eigenvalue weighted by molar-refractivity contribution is -0.114. The lowest BCUT2D eigenvalue weighted by Gasteiger charge is -2.06. The van der Waals surface area contributed by atoms with Crippen molar-refractivity contribution in [3.8, 4) is 0 Å². The summed E-state index contributed by atoms with van der Waals surface area (Å²) in [7, 11) is 0. The lowest BCUT2D eigenvalue weighted by atomic mass is 10.1. The first-order chi connectivity index (χ1) is 12.4. The number of hydrogen-bond donors (Lipinski definition) is 4. The molecule has 0 fully saturated rings. The Morgan fingerprint density at radius 2 is 1.96 bits per heavy atom. The Labute approximate surface area is 152 Å². The molecule has 138 valence electrons. The van der Waals surface area contributed by atoms with Crippen LogP contribution < -0.4 is 22.1 Å².